The average molecular weight is 492 g/mol. The predicted octanol–water partition coefficient (Wildman–Crippen LogP) is 6.45. The predicted molar refractivity (Wildman–Crippen MR) is 140 cm³/mol. The maximum absolute atomic E-state index is 10.7. The molecule has 1 heterocycles. The number of carbonyl (C=O) groups is 1. The molecule has 0 aromatic heterocycles. The van der Waals surface area contributed by atoms with E-state index in [2.05, 4.69) is 78.6 Å². The Bertz CT molecular complexity index is 1220. The number of benzene rings is 3. The number of hydrogen-bond acceptors (Lipinski definition) is 4. The van der Waals surface area contributed by atoms with E-state index >= 15 is 0 Å². The number of likely N-dealkylation sites (tertiary alicyclic amines) is 1. The summed E-state index contributed by atoms with van der Waals surface area (Å²) in [5.74, 6) is 0.900. The highest BCUT2D eigenvalue weighted by Gasteiger charge is 2.31. The average Bonchev–Trinajstić information content (AvgIpc) is 2.83. The van der Waals surface area contributed by atoms with E-state index in [0.717, 1.165) is 30.7 Å². The van der Waals surface area contributed by atoms with Gasteiger partial charge < -0.3 is 14.6 Å². The molecule has 0 radical (unpaired) electrons. The van der Waals surface area contributed by atoms with Crippen LogP contribution in [0, 0.1) is 0 Å². The highest BCUT2D eigenvalue weighted by Crippen LogP contribution is 2.34. The molecule has 0 atom stereocenters. The number of carboxylic acid groups (broad SMARTS) is 1. The molecule has 5 nitrogen and oxygen atoms in total. The zero-order chi connectivity index (χ0) is 23.5. The van der Waals surface area contributed by atoms with Crippen LogP contribution in [0.4, 0.5) is 4.79 Å². The van der Waals surface area contributed by atoms with Crippen LogP contribution in [0.25, 0.3) is 16.7 Å². The summed E-state index contributed by atoms with van der Waals surface area (Å²) < 4.78 is 11.0. The summed E-state index contributed by atoms with van der Waals surface area (Å²) in [4.78, 5) is 12.9. The van der Waals surface area contributed by atoms with Crippen molar-refractivity contribution < 1.29 is 19.4 Å². The number of hydrogen-bond donors (Lipinski definition) is 1. The number of rotatable bonds is 7. The Balaban J connectivity index is 0.00000289. The third-order valence-electron chi connectivity index (χ3n) is 6.75. The Hall–Kier alpha value is -3.28. The van der Waals surface area contributed by atoms with E-state index in [-0.39, 0.29) is 18.5 Å². The second-order valence-electron chi connectivity index (χ2n) is 9.10. The van der Waals surface area contributed by atoms with Gasteiger partial charge in [0.1, 0.15) is 18.5 Å². The van der Waals surface area contributed by atoms with Crippen LogP contribution < -0.4 is 4.74 Å². The maximum Gasteiger partial charge on any atom is 0.506 e. The lowest BCUT2D eigenvalue weighted by atomic mass is 9.85. The SMILES string of the molecule is CC1=C(CN2CC(OC(=O)O)C2)CCc2cc(OCc3cccc(-c4ccccc4)c3)ccc21.Cl. The quantitative estimate of drug-likeness (QED) is 0.385. The molecule has 0 spiro atoms. The monoisotopic (exact) mass is 491 g/mol. The van der Waals surface area contributed by atoms with Crippen LogP contribution in [0.3, 0.4) is 0 Å². The van der Waals surface area contributed by atoms with E-state index in [9.17, 15) is 4.79 Å². The van der Waals surface area contributed by atoms with Crippen molar-refractivity contribution in [2.75, 3.05) is 19.6 Å². The number of nitrogens with zero attached hydrogens (tertiary/aromatic N) is 1. The fraction of sp³-hybridized carbons (Fsp3) is 0.276. The van der Waals surface area contributed by atoms with Crippen molar-refractivity contribution in [2.45, 2.75) is 32.5 Å². The molecule has 3 aromatic carbocycles. The van der Waals surface area contributed by atoms with E-state index in [0.29, 0.717) is 19.7 Å². The highest BCUT2D eigenvalue weighted by atomic mass is 35.5. The molecule has 1 saturated heterocycles. The second-order valence-corrected chi connectivity index (χ2v) is 9.10. The molecule has 5 rings (SSSR count). The fourth-order valence-corrected chi connectivity index (χ4v) is 4.87. The Morgan fingerprint density at radius 1 is 0.971 bits per heavy atom. The van der Waals surface area contributed by atoms with Crippen LogP contribution in [0.1, 0.15) is 30.0 Å². The van der Waals surface area contributed by atoms with Crippen LogP contribution in [0.15, 0.2) is 78.4 Å². The van der Waals surface area contributed by atoms with Crippen LogP contribution in [-0.4, -0.2) is 41.9 Å². The van der Waals surface area contributed by atoms with Crippen molar-refractivity contribution in [1.29, 1.82) is 0 Å². The smallest absolute Gasteiger partial charge is 0.489 e. The summed E-state index contributed by atoms with van der Waals surface area (Å²) in [6.07, 6.45) is 0.629. The number of ether oxygens (including phenoxy) is 2. The number of halogens is 1. The van der Waals surface area contributed by atoms with Gasteiger partial charge in [-0.3, -0.25) is 4.90 Å². The lowest BCUT2D eigenvalue weighted by Gasteiger charge is -2.39. The van der Waals surface area contributed by atoms with Gasteiger partial charge in [0.05, 0.1) is 0 Å². The van der Waals surface area contributed by atoms with E-state index in [1.807, 2.05) is 6.07 Å². The van der Waals surface area contributed by atoms with Gasteiger partial charge in [-0.1, -0.05) is 60.2 Å². The van der Waals surface area contributed by atoms with Gasteiger partial charge in [-0.25, -0.2) is 4.79 Å². The minimum atomic E-state index is -1.19. The Morgan fingerprint density at radius 3 is 2.51 bits per heavy atom. The molecule has 35 heavy (non-hydrogen) atoms. The van der Waals surface area contributed by atoms with Crippen molar-refractivity contribution in [1.82, 2.24) is 4.90 Å². The zero-order valence-electron chi connectivity index (χ0n) is 19.8. The van der Waals surface area contributed by atoms with Gasteiger partial charge in [-0.2, -0.15) is 0 Å². The first-order chi connectivity index (χ1) is 16.5. The van der Waals surface area contributed by atoms with E-state index < -0.39 is 6.16 Å². The summed E-state index contributed by atoms with van der Waals surface area (Å²) in [7, 11) is 0. The second kappa shape index (κ2) is 11.0. The fourth-order valence-electron chi connectivity index (χ4n) is 4.87. The molecule has 182 valence electrons. The summed E-state index contributed by atoms with van der Waals surface area (Å²) >= 11 is 0. The third kappa shape index (κ3) is 5.87. The molecule has 0 amide bonds. The zero-order valence-corrected chi connectivity index (χ0v) is 20.6. The standard InChI is InChI=1S/C29H29NO4.ClH/c1-20-25(16-30-17-27(18-30)34-29(31)32)11-10-24-15-26(12-13-28(20)24)33-19-21-6-5-9-23(14-21)22-7-3-2-4-8-22;/h2-9,12-15,27H,10-11,16-19H2,1H3,(H,31,32);1H. The Kier molecular flexibility index (Phi) is 7.79. The van der Waals surface area contributed by atoms with E-state index in [1.165, 1.54) is 33.4 Å². The normalized spacial score (nSPS) is 15.6. The van der Waals surface area contributed by atoms with Crippen molar-refractivity contribution in [3.8, 4) is 16.9 Å². The first kappa shape index (κ1) is 24.8. The molecule has 3 aromatic rings. The van der Waals surface area contributed by atoms with Crippen LogP contribution in [-0.2, 0) is 17.8 Å². The first-order valence-electron chi connectivity index (χ1n) is 11.8. The Labute approximate surface area is 212 Å². The molecule has 0 bridgehead atoms. The van der Waals surface area contributed by atoms with Crippen molar-refractivity contribution in [3.63, 3.8) is 0 Å². The highest BCUT2D eigenvalue weighted by molar-refractivity contribution is 5.85. The summed E-state index contributed by atoms with van der Waals surface area (Å²) in [5.41, 5.74) is 8.92. The number of allylic oxidation sites excluding steroid dienone is 1. The summed E-state index contributed by atoms with van der Waals surface area (Å²) in [6.45, 7) is 4.95. The van der Waals surface area contributed by atoms with Crippen molar-refractivity contribution in [3.05, 3.63) is 95.1 Å². The third-order valence-corrected chi connectivity index (χ3v) is 6.75. The van der Waals surface area contributed by atoms with Gasteiger partial charge in [0.15, 0.2) is 0 Å². The van der Waals surface area contributed by atoms with Crippen LogP contribution in [0.5, 0.6) is 5.75 Å². The Morgan fingerprint density at radius 2 is 1.74 bits per heavy atom. The molecule has 1 fully saturated rings. The van der Waals surface area contributed by atoms with Gasteiger partial charge >= 0.3 is 6.16 Å². The number of aryl methyl sites for hydroxylation is 1. The summed E-state index contributed by atoms with van der Waals surface area (Å²) in [5, 5.41) is 8.73. The molecule has 0 unspecified atom stereocenters. The molecule has 6 heteroatoms. The van der Waals surface area contributed by atoms with Gasteiger partial charge in [-0.15, -0.1) is 12.4 Å². The van der Waals surface area contributed by atoms with Gasteiger partial charge in [0.25, 0.3) is 0 Å². The van der Waals surface area contributed by atoms with Crippen molar-refractivity contribution >= 4 is 24.1 Å². The lowest BCUT2D eigenvalue weighted by Crippen LogP contribution is -2.53. The van der Waals surface area contributed by atoms with E-state index in [4.69, 9.17) is 14.6 Å². The van der Waals surface area contributed by atoms with Gasteiger partial charge in [-0.05, 0) is 71.4 Å². The van der Waals surface area contributed by atoms with E-state index in [1.54, 1.807) is 0 Å². The topological polar surface area (TPSA) is 59.0 Å². The lowest BCUT2D eigenvalue weighted by molar-refractivity contribution is -0.0292. The maximum atomic E-state index is 10.7. The van der Waals surface area contributed by atoms with Crippen LogP contribution in [0.2, 0.25) is 0 Å². The minimum absolute atomic E-state index is 0. The molecule has 2 aliphatic rings. The minimum Gasteiger partial charge on any atom is -0.489 e. The molecule has 0 saturated carbocycles. The van der Waals surface area contributed by atoms with Gasteiger partial charge in [0, 0.05) is 19.6 Å². The van der Waals surface area contributed by atoms with Crippen LogP contribution >= 0.6 is 12.4 Å². The largest absolute Gasteiger partial charge is 0.506 e. The molecule has 1 aliphatic heterocycles. The molecule has 1 N–H and O–H groups in total. The first-order valence-corrected chi connectivity index (χ1v) is 11.8. The van der Waals surface area contributed by atoms with Gasteiger partial charge in [0.2, 0.25) is 0 Å². The molecular weight excluding hydrogens is 462 g/mol. The molecular formula is C29H30ClNO4. The molecule has 1 aliphatic carbocycles. The van der Waals surface area contributed by atoms with Crippen molar-refractivity contribution in [2.24, 2.45) is 0 Å². The number of fused-ring (bicyclic) bond motifs is 1. The summed E-state index contributed by atoms with van der Waals surface area (Å²) in [6, 6.07) is 25.3.